The van der Waals surface area contributed by atoms with Gasteiger partial charge in [-0.2, -0.15) is 0 Å². The highest BCUT2D eigenvalue weighted by atomic mass is 16.6. The standard InChI is InChI=1S/C50H60O6/c1-33(22-25-41-37(5)20-14-28-49(41,8)9)16-12-18-35(3)30-44(51)54-43-27-24-40-39(7)32-46(53)55-47(40)48(43)56-45(52)31-36(4)19-13-17-34(2)23-26-42-38(6)21-15-29-50(42,10)11/h12-13,16-19,22-27,30-32H,14-15,20-21,28-29H2,1-11H3/b18-12+,19-13+,25-22+,26-23+,33-16+,34-17+,35-30+,36-31+. The molecule has 2 aliphatic carbocycles. The maximum absolute atomic E-state index is 13.2. The first-order valence-corrected chi connectivity index (χ1v) is 19.7. The lowest BCUT2D eigenvalue weighted by molar-refractivity contribution is -0.131. The van der Waals surface area contributed by atoms with E-state index in [0.717, 1.165) is 24.0 Å². The van der Waals surface area contributed by atoms with Crippen LogP contribution in [0.4, 0.5) is 0 Å². The SMILES string of the molecule is CC1=C(/C=C/C(C)=C/C=C/C(C)=C/C(=O)Oc2ccc3c(C)cc(=O)oc3c2OC(=O)/C=C(C)/C=C/C=C(C)/C=C/C2=C(C)CCCC2(C)C)C(C)(C)CCC1. The van der Waals surface area contributed by atoms with Crippen molar-refractivity contribution in [2.45, 2.75) is 115 Å². The highest BCUT2D eigenvalue weighted by molar-refractivity contribution is 5.94. The van der Waals surface area contributed by atoms with Gasteiger partial charge in [0.25, 0.3) is 0 Å². The molecule has 0 unspecified atom stereocenters. The van der Waals surface area contributed by atoms with Crippen LogP contribution in [-0.2, 0) is 9.59 Å². The zero-order valence-corrected chi connectivity index (χ0v) is 35.4. The minimum Gasteiger partial charge on any atom is -0.419 e. The molecule has 0 bridgehead atoms. The van der Waals surface area contributed by atoms with Crippen LogP contribution in [-0.4, -0.2) is 11.9 Å². The molecule has 6 nitrogen and oxygen atoms in total. The Hall–Kier alpha value is -5.23. The summed E-state index contributed by atoms with van der Waals surface area (Å²) in [5.41, 5.74) is 9.55. The largest absolute Gasteiger partial charge is 0.419 e. The number of hydrogen-bond acceptors (Lipinski definition) is 6. The van der Waals surface area contributed by atoms with Crippen LogP contribution in [0.1, 0.15) is 113 Å². The van der Waals surface area contributed by atoms with E-state index in [0.29, 0.717) is 22.1 Å². The lowest BCUT2D eigenvalue weighted by Gasteiger charge is -2.33. The van der Waals surface area contributed by atoms with E-state index in [-0.39, 0.29) is 27.9 Å². The molecule has 0 fully saturated rings. The maximum Gasteiger partial charge on any atom is 0.336 e. The minimum absolute atomic E-state index is 0.0175. The third kappa shape index (κ3) is 12.1. The van der Waals surface area contributed by atoms with Crippen LogP contribution >= 0.6 is 0 Å². The summed E-state index contributed by atoms with van der Waals surface area (Å²) in [7, 11) is 0. The van der Waals surface area contributed by atoms with Gasteiger partial charge >= 0.3 is 17.6 Å². The molecule has 2 aromatic rings. The van der Waals surface area contributed by atoms with E-state index in [4.69, 9.17) is 13.9 Å². The molecule has 0 N–H and O–H groups in total. The Kier molecular flexibility index (Phi) is 14.8. The number of allylic oxidation sites excluding steroid dienone is 18. The number of rotatable bonds is 12. The van der Waals surface area contributed by atoms with Gasteiger partial charge in [0.1, 0.15) is 0 Å². The lowest BCUT2D eigenvalue weighted by Crippen LogP contribution is -2.19. The molecule has 1 heterocycles. The number of carbonyl (C=O) groups is 2. The van der Waals surface area contributed by atoms with Crippen LogP contribution in [0.2, 0.25) is 0 Å². The summed E-state index contributed by atoms with van der Waals surface area (Å²) in [5.74, 6) is -1.59. The van der Waals surface area contributed by atoms with E-state index in [9.17, 15) is 14.4 Å². The highest BCUT2D eigenvalue weighted by Crippen LogP contribution is 2.42. The van der Waals surface area contributed by atoms with Crippen LogP contribution in [0.3, 0.4) is 0 Å². The fourth-order valence-electron chi connectivity index (χ4n) is 7.52. The number of ether oxygens (including phenoxy) is 2. The van der Waals surface area contributed by atoms with Crippen LogP contribution in [0.25, 0.3) is 11.0 Å². The molecule has 0 aliphatic heterocycles. The smallest absolute Gasteiger partial charge is 0.336 e. The Morgan fingerprint density at radius 1 is 0.679 bits per heavy atom. The zero-order chi connectivity index (χ0) is 41.2. The van der Waals surface area contributed by atoms with Gasteiger partial charge in [-0.3, -0.25) is 0 Å². The van der Waals surface area contributed by atoms with E-state index in [1.54, 1.807) is 26.8 Å². The molecule has 56 heavy (non-hydrogen) atoms. The van der Waals surface area contributed by atoms with Crippen molar-refractivity contribution in [2.75, 3.05) is 0 Å². The molecule has 4 rings (SSSR count). The van der Waals surface area contributed by atoms with Crippen LogP contribution < -0.4 is 15.1 Å². The Morgan fingerprint density at radius 3 is 1.64 bits per heavy atom. The van der Waals surface area contributed by atoms with Crippen molar-refractivity contribution in [3.63, 3.8) is 0 Å². The average molecular weight is 757 g/mol. The number of benzene rings is 1. The lowest BCUT2D eigenvalue weighted by atomic mass is 9.72. The predicted octanol–water partition coefficient (Wildman–Crippen LogP) is 13.0. The van der Waals surface area contributed by atoms with Crippen molar-refractivity contribution in [1.29, 1.82) is 0 Å². The number of aryl methyl sites for hydroxylation is 1. The van der Waals surface area contributed by atoms with E-state index < -0.39 is 17.6 Å². The minimum atomic E-state index is -0.715. The summed E-state index contributed by atoms with van der Waals surface area (Å²) in [4.78, 5) is 38.7. The molecule has 6 heteroatoms. The predicted molar refractivity (Wildman–Crippen MR) is 231 cm³/mol. The van der Waals surface area contributed by atoms with Crippen LogP contribution in [0.5, 0.6) is 11.5 Å². The number of hydrogen-bond donors (Lipinski definition) is 0. The van der Waals surface area contributed by atoms with Crippen LogP contribution in [0.15, 0.2) is 145 Å². The number of carbonyl (C=O) groups excluding carboxylic acids is 2. The summed E-state index contributed by atoms with van der Waals surface area (Å²) >= 11 is 0. The summed E-state index contributed by atoms with van der Waals surface area (Å²) in [6.07, 6.45) is 29.9. The van der Waals surface area contributed by atoms with Gasteiger partial charge in [-0.05, 0) is 138 Å². The van der Waals surface area contributed by atoms with E-state index >= 15 is 0 Å². The van der Waals surface area contributed by atoms with Gasteiger partial charge < -0.3 is 13.9 Å². The summed E-state index contributed by atoms with van der Waals surface area (Å²) < 4.78 is 16.9. The topological polar surface area (TPSA) is 82.8 Å². The molecule has 0 saturated carbocycles. The second-order valence-corrected chi connectivity index (χ2v) is 16.7. The van der Waals surface area contributed by atoms with Gasteiger partial charge in [0.05, 0.1) is 0 Å². The molecule has 1 aromatic heterocycles. The van der Waals surface area contributed by atoms with Gasteiger partial charge in [0, 0.05) is 23.6 Å². The molecule has 1 aromatic carbocycles. The summed E-state index contributed by atoms with van der Waals surface area (Å²) in [5, 5.41) is 0.549. The van der Waals surface area contributed by atoms with Crippen LogP contribution in [0, 0.1) is 17.8 Å². The fourth-order valence-corrected chi connectivity index (χ4v) is 7.52. The van der Waals surface area contributed by atoms with Gasteiger partial charge in [0.15, 0.2) is 11.3 Å². The zero-order valence-electron chi connectivity index (χ0n) is 35.4. The van der Waals surface area contributed by atoms with E-state index in [2.05, 4.69) is 65.8 Å². The van der Waals surface area contributed by atoms with Crippen molar-refractivity contribution in [1.82, 2.24) is 0 Å². The quantitative estimate of drug-likeness (QED) is 0.0705. The molecule has 0 spiro atoms. The molecular weight excluding hydrogens is 697 g/mol. The molecule has 0 amide bonds. The third-order valence-corrected chi connectivity index (χ3v) is 10.7. The monoisotopic (exact) mass is 756 g/mol. The first-order valence-electron chi connectivity index (χ1n) is 19.7. The molecule has 2 aliphatic rings. The molecule has 296 valence electrons. The first-order chi connectivity index (χ1) is 26.4. The van der Waals surface area contributed by atoms with Gasteiger partial charge in [-0.15, -0.1) is 0 Å². The molecule has 0 atom stereocenters. The summed E-state index contributed by atoms with van der Waals surface area (Å²) in [6.45, 7) is 23.1. The normalized spacial score (nSPS) is 18.7. The third-order valence-electron chi connectivity index (χ3n) is 10.7. The average Bonchev–Trinajstić information content (AvgIpc) is 3.08. The Bertz CT molecular complexity index is 2210. The van der Waals surface area contributed by atoms with Crippen molar-refractivity contribution in [2.24, 2.45) is 10.8 Å². The second-order valence-electron chi connectivity index (χ2n) is 16.7. The molecule has 0 radical (unpaired) electrons. The van der Waals surface area contributed by atoms with Crippen molar-refractivity contribution < 1.29 is 23.5 Å². The van der Waals surface area contributed by atoms with E-state index in [1.165, 1.54) is 72.3 Å². The van der Waals surface area contributed by atoms with Gasteiger partial charge in [-0.1, -0.05) is 111 Å². The number of fused-ring (bicyclic) bond motifs is 1. The molecular formula is C50H60O6. The highest BCUT2D eigenvalue weighted by Gasteiger charge is 2.27. The number of esters is 2. The summed E-state index contributed by atoms with van der Waals surface area (Å²) in [6, 6.07) is 4.55. The molecule has 0 saturated heterocycles. The van der Waals surface area contributed by atoms with Crippen molar-refractivity contribution in [3.8, 4) is 11.5 Å². The Morgan fingerprint density at radius 2 is 1.16 bits per heavy atom. The van der Waals surface area contributed by atoms with Gasteiger partial charge in [-0.25, -0.2) is 14.4 Å². The van der Waals surface area contributed by atoms with E-state index in [1.807, 2.05) is 50.3 Å². The Labute approximate surface area is 334 Å². The first kappa shape index (κ1) is 43.5. The van der Waals surface area contributed by atoms with Crippen molar-refractivity contribution in [3.05, 3.63) is 152 Å². The Balaban J connectivity index is 1.48. The van der Waals surface area contributed by atoms with Crippen molar-refractivity contribution >= 4 is 22.9 Å². The second kappa shape index (κ2) is 19.1. The van der Waals surface area contributed by atoms with Gasteiger partial charge in [0.2, 0.25) is 5.75 Å². The fraction of sp³-hybridized carbons (Fsp3) is 0.380. The maximum atomic E-state index is 13.2.